The molecule has 102 valence electrons. The van der Waals surface area contributed by atoms with Crippen LogP contribution >= 0.6 is 23.2 Å². The van der Waals surface area contributed by atoms with E-state index in [4.69, 9.17) is 29.0 Å². The second kappa shape index (κ2) is 5.81. The van der Waals surface area contributed by atoms with Crippen molar-refractivity contribution >= 4 is 34.8 Å². The number of rotatable bonds is 4. The van der Waals surface area contributed by atoms with Crippen LogP contribution in [0.1, 0.15) is 6.42 Å². The number of nitrogens with one attached hydrogen (secondary N) is 1. The molecule has 1 rings (SSSR count). The lowest BCUT2D eigenvalue weighted by atomic mass is 10.3. The van der Waals surface area contributed by atoms with Crippen LogP contribution in [0.25, 0.3) is 0 Å². The Kier molecular flexibility index (Phi) is 4.89. The van der Waals surface area contributed by atoms with Gasteiger partial charge in [-0.1, -0.05) is 23.2 Å². The Balaban J connectivity index is 2.88. The summed E-state index contributed by atoms with van der Waals surface area (Å²) in [5.74, 6) is 5.50. The Morgan fingerprint density at radius 2 is 2.00 bits per heavy atom. The molecule has 4 nitrogen and oxygen atoms in total. The number of nitrogens with two attached hydrogens (primary N) is 1. The van der Waals surface area contributed by atoms with Gasteiger partial charge in [0, 0.05) is 13.6 Å². The lowest BCUT2D eigenvalue weighted by molar-refractivity contribution is -0.132. The SMILES string of the molecule is CN(CCC(F)(F)F)c1nc(NN)c(Cl)cc1Cl. The molecule has 0 saturated carbocycles. The Labute approximate surface area is 112 Å². The third kappa shape index (κ3) is 4.08. The smallest absolute Gasteiger partial charge is 0.358 e. The molecule has 0 fully saturated rings. The zero-order chi connectivity index (χ0) is 13.9. The third-order valence-corrected chi connectivity index (χ3v) is 2.71. The summed E-state index contributed by atoms with van der Waals surface area (Å²) in [7, 11) is 1.45. The van der Waals surface area contributed by atoms with Gasteiger partial charge in [0.2, 0.25) is 0 Å². The van der Waals surface area contributed by atoms with Crippen LogP contribution in [0.2, 0.25) is 10.0 Å². The van der Waals surface area contributed by atoms with E-state index in [0.717, 1.165) is 0 Å². The minimum Gasteiger partial charge on any atom is -0.358 e. The van der Waals surface area contributed by atoms with E-state index in [-0.39, 0.29) is 28.2 Å². The van der Waals surface area contributed by atoms with E-state index < -0.39 is 12.6 Å². The Bertz CT molecular complexity index is 425. The van der Waals surface area contributed by atoms with E-state index in [1.807, 2.05) is 0 Å². The van der Waals surface area contributed by atoms with E-state index in [0.29, 0.717) is 0 Å². The van der Waals surface area contributed by atoms with Crippen molar-refractivity contribution in [2.24, 2.45) is 5.84 Å². The van der Waals surface area contributed by atoms with Crippen LogP contribution in [0.3, 0.4) is 0 Å². The first kappa shape index (κ1) is 15.1. The van der Waals surface area contributed by atoms with E-state index in [2.05, 4.69) is 10.4 Å². The quantitative estimate of drug-likeness (QED) is 0.663. The summed E-state index contributed by atoms with van der Waals surface area (Å²) in [6, 6.07) is 1.37. The Morgan fingerprint density at radius 1 is 1.39 bits per heavy atom. The molecule has 0 aliphatic carbocycles. The van der Waals surface area contributed by atoms with Crippen LogP contribution in [0.15, 0.2) is 6.07 Å². The van der Waals surface area contributed by atoms with Gasteiger partial charge in [-0.3, -0.25) is 0 Å². The molecule has 18 heavy (non-hydrogen) atoms. The number of nitrogen functional groups attached to an aromatic ring is 1. The molecule has 0 spiro atoms. The largest absolute Gasteiger partial charge is 0.390 e. The average molecular weight is 303 g/mol. The standard InChI is InChI=1S/C9H11Cl2F3N4/c1-18(3-2-9(12,13)14)8-6(11)4-5(10)7(16-8)17-15/h4H,2-3,15H2,1H3,(H,16,17). The van der Waals surface area contributed by atoms with Crippen molar-refractivity contribution in [2.45, 2.75) is 12.6 Å². The van der Waals surface area contributed by atoms with Crippen molar-refractivity contribution in [1.82, 2.24) is 4.98 Å². The zero-order valence-electron chi connectivity index (χ0n) is 9.35. The first-order valence-electron chi connectivity index (χ1n) is 4.85. The normalized spacial score (nSPS) is 11.5. The zero-order valence-corrected chi connectivity index (χ0v) is 10.9. The average Bonchev–Trinajstić information content (AvgIpc) is 2.25. The predicted molar refractivity (Wildman–Crippen MR) is 66.0 cm³/mol. The molecular formula is C9H11Cl2F3N4. The lowest BCUT2D eigenvalue weighted by Crippen LogP contribution is -2.25. The molecule has 0 aromatic carbocycles. The van der Waals surface area contributed by atoms with Gasteiger partial charge in [-0.2, -0.15) is 13.2 Å². The van der Waals surface area contributed by atoms with Gasteiger partial charge in [-0.25, -0.2) is 10.8 Å². The first-order valence-corrected chi connectivity index (χ1v) is 5.60. The van der Waals surface area contributed by atoms with Crippen molar-refractivity contribution < 1.29 is 13.2 Å². The van der Waals surface area contributed by atoms with Crippen molar-refractivity contribution in [3.8, 4) is 0 Å². The van der Waals surface area contributed by atoms with Crippen LogP contribution in [-0.4, -0.2) is 24.8 Å². The number of hydrogen-bond donors (Lipinski definition) is 2. The van der Waals surface area contributed by atoms with E-state index in [9.17, 15) is 13.2 Å². The molecule has 0 amide bonds. The fourth-order valence-corrected chi connectivity index (χ4v) is 1.78. The van der Waals surface area contributed by atoms with Crippen LogP contribution in [-0.2, 0) is 0 Å². The molecule has 3 N–H and O–H groups in total. The molecule has 0 saturated heterocycles. The van der Waals surface area contributed by atoms with Crippen LogP contribution < -0.4 is 16.2 Å². The number of hydrazine groups is 1. The summed E-state index contributed by atoms with van der Waals surface area (Å²) in [6.07, 6.45) is -5.20. The first-order chi connectivity index (χ1) is 8.24. The van der Waals surface area contributed by atoms with Crippen molar-refractivity contribution in [3.63, 3.8) is 0 Å². The topological polar surface area (TPSA) is 54.2 Å². The van der Waals surface area contributed by atoms with Gasteiger partial charge < -0.3 is 10.3 Å². The molecule has 9 heteroatoms. The van der Waals surface area contributed by atoms with Crippen molar-refractivity contribution in [3.05, 3.63) is 16.1 Å². The molecule has 1 aromatic rings. The maximum Gasteiger partial charge on any atom is 0.390 e. The molecule has 0 atom stereocenters. The van der Waals surface area contributed by atoms with E-state index in [1.165, 1.54) is 18.0 Å². The van der Waals surface area contributed by atoms with Gasteiger partial charge in [0.05, 0.1) is 16.5 Å². The summed E-state index contributed by atoms with van der Waals surface area (Å²) in [5, 5.41) is 0.346. The summed E-state index contributed by atoms with van der Waals surface area (Å²) < 4.78 is 36.3. The molecule has 0 aliphatic rings. The number of anilines is 2. The lowest BCUT2D eigenvalue weighted by Gasteiger charge is -2.21. The molecule has 1 aromatic heterocycles. The maximum absolute atomic E-state index is 12.1. The second-order valence-electron chi connectivity index (χ2n) is 3.56. The van der Waals surface area contributed by atoms with Crippen LogP contribution in [0, 0.1) is 0 Å². The van der Waals surface area contributed by atoms with Gasteiger partial charge in [0.1, 0.15) is 5.82 Å². The van der Waals surface area contributed by atoms with Gasteiger partial charge >= 0.3 is 6.18 Å². The predicted octanol–water partition coefficient (Wildman–Crippen LogP) is 3.06. The fourth-order valence-electron chi connectivity index (χ4n) is 1.23. The van der Waals surface area contributed by atoms with Gasteiger partial charge in [-0.15, -0.1) is 0 Å². The van der Waals surface area contributed by atoms with E-state index in [1.54, 1.807) is 0 Å². The van der Waals surface area contributed by atoms with Gasteiger partial charge in [0.25, 0.3) is 0 Å². The summed E-state index contributed by atoms with van der Waals surface area (Å²) >= 11 is 11.6. The summed E-state index contributed by atoms with van der Waals surface area (Å²) in [5.41, 5.74) is 2.24. The summed E-state index contributed by atoms with van der Waals surface area (Å²) in [4.78, 5) is 5.23. The Hall–Kier alpha value is -0.920. The molecule has 0 bridgehead atoms. The fraction of sp³-hybridized carbons (Fsp3) is 0.444. The van der Waals surface area contributed by atoms with Crippen LogP contribution in [0.4, 0.5) is 24.8 Å². The number of alkyl halides is 3. The maximum atomic E-state index is 12.1. The highest BCUT2D eigenvalue weighted by Crippen LogP contribution is 2.31. The molecule has 0 unspecified atom stereocenters. The monoisotopic (exact) mass is 302 g/mol. The number of pyridine rings is 1. The highest BCUT2D eigenvalue weighted by Gasteiger charge is 2.27. The number of halogens is 5. The van der Waals surface area contributed by atoms with Crippen LogP contribution in [0.5, 0.6) is 0 Å². The highest BCUT2D eigenvalue weighted by atomic mass is 35.5. The van der Waals surface area contributed by atoms with Crippen molar-refractivity contribution in [1.29, 1.82) is 0 Å². The molecular weight excluding hydrogens is 292 g/mol. The highest BCUT2D eigenvalue weighted by molar-refractivity contribution is 6.37. The Morgan fingerprint density at radius 3 is 2.50 bits per heavy atom. The van der Waals surface area contributed by atoms with Gasteiger partial charge in [0.15, 0.2) is 5.82 Å². The van der Waals surface area contributed by atoms with E-state index >= 15 is 0 Å². The second-order valence-corrected chi connectivity index (χ2v) is 4.37. The summed E-state index contributed by atoms with van der Waals surface area (Å²) in [6.45, 7) is -0.262. The molecule has 1 heterocycles. The molecule has 0 radical (unpaired) electrons. The third-order valence-electron chi connectivity index (χ3n) is 2.14. The minimum atomic E-state index is -4.23. The number of aromatic nitrogens is 1. The number of nitrogens with zero attached hydrogens (tertiary/aromatic N) is 2. The van der Waals surface area contributed by atoms with Gasteiger partial charge in [-0.05, 0) is 6.07 Å². The molecule has 0 aliphatic heterocycles. The van der Waals surface area contributed by atoms with Crippen molar-refractivity contribution in [2.75, 3.05) is 23.9 Å². The number of hydrogen-bond acceptors (Lipinski definition) is 4. The minimum absolute atomic E-state index is 0.148.